The average molecular weight is 290 g/mol. The summed E-state index contributed by atoms with van der Waals surface area (Å²) in [4.78, 5) is 18.8. The number of hydrogen-bond acceptors (Lipinski definition) is 8. The third kappa shape index (κ3) is 3.44. The van der Waals surface area contributed by atoms with Crippen molar-refractivity contribution < 1.29 is 4.74 Å². The number of aromatic nitrogens is 5. The molecule has 2 aromatic heterocycles. The number of hydrazine groups is 1. The predicted molar refractivity (Wildman–Crippen MR) is 75.9 cm³/mol. The SMILES string of the molecule is NNc1nc(OCCN2CCCC2)nc(-n2ccnc2)n1. The minimum Gasteiger partial charge on any atom is -0.462 e. The van der Waals surface area contributed by atoms with E-state index in [2.05, 4.69) is 30.3 Å². The molecule has 1 fully saturated rings. The Bertz CT molecular complexity index is 567. The van der Waals surface area contributed by atoms with Gasteiger partial charge in [0.2, 0.25) is 11.9 Å². The van der Waals surface area contributed by atoms with Crippen LogP contribution >= 0.6 is 0 Å². The van der Waals surface area contributed by atoms with E-state index >= 15 is 0 Å². The molecule has 2 aromatic rings. The lowest BCUT2D eigenvalue weighted by Crippen LogP contribution is -2.25. The van der Waals surface area contributed by atoms with E-state index in [1.54, 1.807) is 23.3 Å². The molecule has 1 aliphatic heterocycles. The summed E-state index contributed by atoms with van der Waals surface area (Å²) in [6.07, 6.45) is 7.51. The molecule has 0 spiro atoms. The molecule has 9 heteroatoms. The van der Waals surface area contributed by atoms with Crippen LogP contribution < -0.4 is 16.0 Å². The minimum absolute atomic E-state index is 0.251. The summed E-state index contributed by atoms with van der Waals surface area (Å²) in [5, 5.41) is 0. The van der Waals surface area contributed by atoms with E-state index in [-0.39, 0.29) is 12.0 Å². The summed E-state index contributed by atoms with van der Waals surface area (Å²) in [7, 11) is 0. The molecule has 0 aliphatic carbocycles. The molecule has 0 radical (unpaired) electrons. The Morgan fingerprint density at radius 1 is 1.24 bits per heavy atom. The van der Waals surface area contributed by atoms with Crippen molar-refractivity contribution in [2.45, 2.75) is 12.8 Å². The summed E-state index contributed by atoms with van der Waals surface area (Å²) in [6, 6.07) is 0.251. The average Bonchev–Trinajstić information content (AvgIpc) is 3.20. The Hall–Kier alpha value is -2.26. The molecule has 112 valence electrons. The van der Waals surface area contributed by atoms with E-state index < -0.39 is 0 Å². The van der Waals surface area contributed by atoms with Gasteiger partial charge in [0.1, 0.15) is 12.9 Å². The molecule has 0 unspecified atom stereocenters. The second kappa shape index (κ2) is 6.46. The topological polar surface area (TPSA) is 107 Å². The maximum absolute atomic E-state index is 5.62. The minimum atomic E-state index is 0.251. The summed E-state index contributed by atoms with van der Waals surface area (Å²) >= 11 is 0. The quantitative estimate of drug-likeness (QED) is 0.557. The fraction of sp³-hybridized carbons (Fsp3) is 0.500. The van der Waals surface area contributed by atoms with Crippen LogP contribution in [-0.2, 0) is 0 Å². The van der Waals surface area contributed by atoms with Crippen LogP contribution in [0.5, 0.6) is 6.01 Å². The lowest BCUT2D eigenvalue weighted by atomic mass is 10.4. The number of imidazole rings is 1. The normalized spacial score (nSPS) is 15.3. The van der Waals surface area contributed by atoms with Gasteiger partial charge in [-0.05, 0) is 25.9 Å². The van der Waals surface area contributed by atoms with Crippen LogP contribution in [0, 0.1) is 0 Å². The molecule has 0 atom stereocenters. The van der Waals surface area contributed by atoms with Crippen LogP contribution in [0.4, 0.5) is 5.95 Å². The fourth-order valence-electron chi connectivity index (χ4n) is 2.24. The van der Waals surface area contributed by atoms with Gasteiger partial charge in [0.25, 0.3) is 0 Å². The number of hydrogen-bond donors (Lipinski definition) is 2. The molecule has 3 rings (SSSR count). The second-order valence-corrected chi connectivity index (χ2v) is 4.75. The third-order valence-electron chi connectivity index (χ3n) is 3.30. The monoisotopic (exact) mass is 290 g/mol. The Balaban J connectivity index is 1.67. The van der Waals surface area contributed by atoms with Crippen molar-refractivity contribution in [1.29, 1.82) is 0 Å². The highest BCUT2D eigenvalue weighted by Crippen LogP contribution is 2.11. The van der Waals surface area contributed by atoms with Crippen molar-refractivity contribution in [1.82, 2.24) is 29.4 Å². The van der Waals surface area contributed by atoms with Gasteiger partial charge in [-0.3, -0.25) is 14.9 Å². The van der Waals surface area contributed by atoms with Crippen LogP contribution in [0.15, 0.2) is 18.7 Å². The first-order valence-corrected chi connectivity index (χ1v) is 6.91. The fourth-order valence-corrected chi connectivity index (χ4v) is 2.24. The molecule has 21 heavy (non-hydrogen) atoms. The van der Waals surface area contributed by atoms with Crippen LogP contribution in [0.2, 0.25) is 0 Å². The maximum atomic E-state index is 5.62. The molecule has 1 saturated heterocycles. The Morgan fingerprint density at radius 2 is 2.10 bits per heavy atom. The first-order chi connectivity index (χ1) is 10.3. The highest BCUT2D eigenvalue weighted by Gasteiger charge is 2.12. The summed E-state index contributed by atoms with van der Waals surface area (Å²) < 4.78 is 7.28. The number of ether oxygens (including phenoxy) is 1. The van der Waals surface area contributed by atoms with Gasteiger partial charge in [-0.15, -0.1) is 0 Å². The lowest BCUT2D eigenvalue weighted by Gasteiger charge is -2.14. The number of likely N-dealkylation sites (tertiary alicyclic amines) is 1. The van der Waals surface area contributed by atoms with Crippen LogP contribution in [0.1, 0.15) is 12.8 Å². The first kappa shape index (κ1) is 13.7. The molecular weight excluding hydrogens is 272 g/mol. The first-order valence-electron chi connectivity index (χ1n) is 6.91. The van der Waals surface area contributed by atoms with Gasteiger partial charge in [-0.2, -0.15) is 15.0 Å². The Kier molecular flexibility index (Phi) is 4.22. The lowest BCUT2D eigenvalue weighted by molar-refractivity contribution is 0.225. The predicted octanol–water partition coefficient (Wildman–Crippen LogP) is -0.182. The number of nitrogens with two attached hydrogens (primary N) is 1. The standard InChI is InChI=1S/C12H18N8O/c13-18-10-15-11(20-6-3-14-9-20)17-12(16-10)21-8-7-19-4-1-2-5-19/h3,6,9H,1-2,4-5,7-8,13H2,(H,15,16,17,18). The maximum Gasteiger partial charge on any atom is 0.323 e. The highest BCUT2D eigenvalue weighted by molar-refractivity contribution is 5.28. The van der Waals surface area contributed by atoms with Gasteiger partial charge in [0.15, 0.2) is 0 Å². The molecular formula is C12H18N8O. The van der Waals surface area contributed by atoms with Crippen molar-refractivity contribution in [2.24, 2.45) is 5.84 Å². The molecule has 0 aromatic carbocycles. The smallest absolute Gasteiger partial charge is 0.323 e. The molecule has 3 N–H and O–H groups in total. The van der Waals surface area contributed by atoms with E-state index in [1.807, 2.05) is 0 Å². The van der Waals surface area contributed by atoms with Crippen molar-refractivity contribution in [3.8, 4) is 12.0 Å². The molecule has 1 aliphatic rings. The van der Waals surface area contributed by atoms with Crippen molar-refractivity contribution in [2.75, 3.05) is 31.7 Å². The van der Waals surface area contributed by atoms with Gasteiger partial charge in [-0.1, -0.05) is 0 Å². The van der Waals surface area contributed by atoms with E-state index in [0.717, 1.165) is 19.6 Å². The number of nitrogen functional groups attached to an aromatic ring is 1. The largest absolute Gasteiger partial charge is 0.462 e. The summed E-state index contributed by atoms with van der Waals surface area (Å²) in [5.74, 6) is 6.04. The van der Waals surface area contributed by atoms with Gasteiger partial charge >= 0.3 is 6.01 Å². The zero-order valence-corrected chi connectivity index (χ0v) is 11.6. The number of rotatable bonds is 6. The molecule has 0 saturated carbocycles. The van der Waals surface area contributed by atoms with E-state index in [9.17, 15) is 0 Å². The molecule has 9 nitrogen and oxygen atoms in total. The van der Waals surface area contributed by atoms with Crippen LogP contribution in [-0.4, -0.2) is 55.6 Å². The zero-order chi connectivity index (χ0) is 14.5. The third-order valence-corrected chi connectivity index (χ3v) is 3.30. The number of nitrogens with one attached hydrogen (secondary N) is 1. The number of anilines is 1. The van der Waals surface area contributed by atoms with Gasteiger partial charge in [0, 0.05) is 18.9 Å². The highest BCUT2D eigenvalue weighted by atomic mass is 16.5. The van der Waals surface area contributed by atoms with E-state index in [1.165, 1.54) is 12.8 Å². The molecule has 0 bridgehead atoms. The molecule has 3 heterocycles. The van der Waals surface area contributed by atoms with Gasteiger partial charge in [-0.25, -0.2) is 10.8 Å². The Morgan fingerprint density at radius 3 is 2.81 bits per heavy atom. The number of nitrogens with zero attached hydrogens (tertiary/aromatic N) is 6. The van der Waals surface area contributed by atoms with Crippen molar-refractivity contribution in [3.05, 3.63) is 18.7 Å². The zero-order valence-electron chi connectivity index (χ0n) is 11.6. The summed E-state index contributed by atoms with van der Waals surface area (Å²) in [6.45, 7) is 3.68. The van der Waals surface area contributed by atoms with Crippen LogP contribution in [0.25, 0.3) is 5.95 Å². The van der Waals surface area contributed by atoms with Gasteiger partial charge < -0.3 is 4.74 Å². The van der Waals surface area contributed by atoms with E-state index in [0.29, 0.717) is 12.6 Å². The Labute approximate surface area is 122 Å². The van der Waals surface area contributed by atoms with Crippen LogP contribution in [0.3, 0.4) is 0 Å². The van der Waals surface area contributed by atoms with Gasteiger partial charge in [0.05, 0.1) is 0 Å². The molecule has 0 amide bonds. The van der Waals surface area contributed by atoms with E-state index in [4.69, 9.17) is 10.6 Å². The summed E-state index contributed by atoms with van der Waals surface area (Å²) in [5.41, 5.74) is 2.41. The van der Waals surface area contributed by atoms with Crippen molar-refractivity contribution in [3.63, 3.8) is 0 Å². The van der Waals surface area contributed by atoms with Crippen molar-refractivity contribution >= 4 is 5.95 Å². The second-order valence-electron chi connectivity index (χ2n) is 4.75.